The van der Waals surface area contributed by atoms with Gasteiger partial charge in [0.15, 0.2) is 6.19 Å². The number of alkyl carbamates (subject to hydrolysis) is 2. The van der Waals surface area contributed by atoms with Crippen LogP contribution in [0.15, 0.2) is 53.5 Å². The predicted molar refractivity (Wildman–Crippen MR) is 151 cm³/mol. The summed E-state index contributed by atoms with van der Waals surface area (Å²) < 4.78 is 10.3. The van der Waals surface area contributed by atoms with Crippen molar-refractivity contribution in [1.82, 2.24) is 16.0 Å². The van der Waals surface area contributed by atoms with Gasteiger partial charge in [-0.05, 0) is 63.8 Å². The van der Waals surface area contributed by atoms with Crippen molar-refractivity contribution >= 4 is 18.1 Å². The fourth-order valence-corrected chi connectivity index (χ4v) is 2.95. The number of nitrogens with two attached hydrogens (primary N) is 2. The molecule has 0 aliphatic heterocycles. The van der Waals surface area contributed by atoms with E-state index in [0.29, 0.717) is 26.2 Å². The van der Waals surface area contributed by atoms with E-state index in [-0.39, 0.29) is 5.96 Å². The minimum absolute atomic E-state index is 0.0692. The molecule has 11 heteroatoms. The van der Waals surface area contributed by atoms with Crippen LogP contribution in [-0.4, -0.2) is 29.3 Å². The number of nitriles is 1. The molecule has 0 heterocycles. The zero-order chi connectivity index (χ0) is 29.5. The van der Waals surface area contributed by atoms with E-state index in [1.54, 1.807) is 6.19 Å². The number of nitrogens with zero attached hydrogens (tertiary/aromatic N) is 2. The Bertz CT molecular complexity index is 1150. The normalized spacial score (nSPS) is 11.3. The highest BCUT2D eigenvalue weighted by Gasteiger charge is 2.16. The first-order valence-corrected chi connectivity index (χ1v) is 12.4. The topological polar surface area (TPSA) is 177 Å². The highest BCUT2D eigenvalue weighted by molar-refractivity contribution is 5.79. The van der Waals surface area contributed by atoms with Gasteiger partial charge in [-0.25, -0.2) is 14.6 Å². The summed E-state index contributed by atoms with van der Waals surface area (Å²) in [5.74, 6) is 0.0692. The Kier molecular flexibility index (Phi) is 13.3. The van der Waals surface area contributed by atoms with Gasteiger partial charge in [0.05, 0.1) is 6.54 Å². The van der Waals surface area contributed by atoms with Gasteiger partial charge >= 0.3 is 12.2 Å². The third-order valence-corrected chi connectivity index (χ3v) is 4.51. The third kappa shape index (κ3) is 16.2. The van der Waals surface area contributed by atoms with E-state index in [0.717, 1.165) is 22.3 Å². The molecule has 0 spiro atoms. The summed E-state index contributed by atoms with van der Waals surface area (Å²) in [7, 11) is 0. The lowest BCUT2D eigenvalue weighted by molar-refractivity contribution is 0.0512. The van der Waals surface area contributed by atoms with Gasteiger partial charge < -0.3 is 31.6 Å². The number of ether oxygens (including phenoxy) is 2. The van der Waals surface area contributed by atoms with Crippen LogP contribution in [0.3, 0.4) is 0 Å². The Labute approximate surface area is 231 Å². The van der Waals surface area contributed by atoms with Gasteiger partial charge in [0.1, 0.15) is 11.2 Å². The molecule has 2 amide bonds. The Morgan fingerprint density at radius 2 is 1.28 bits per heavy atom. The molecule has 0 aliphatic rings. The monoisotopic (exact) mass is 539 g/mol. The molecule has 0 unspecified atom stereocenters. The maximum Gasteiger partial charge on any atom is 0.407 e. The van der Waals surface area contributed by atoms with Gasteiger partial charge in [0.2, 0.25) is 5.96 Å². The molecule has 0 atom stereocenters. The van der Waals surface area contributed by atoms with Gasteiger partial charge in [-0.1, -0.05) is 48.5 Å². The number of aliphatic imine (C=N–C) groups is 1. The summed E-state index contributed by atoms with van der Waals surface area (Å²) in [6.07, 6.45) is 0.833. The SMILES string of the molecule is CC(C)(C)OC(=O)NCc1cccc(CN)c1.CC(C)(C)OC(=O)NCc1cccc(CN=C(N)NC#N)c1. The molecule has 0 aliphatic carbocycles. The summed E-state index contributed by atoms with van der Waals surface area (Å²) in [5, 5.41) is 16.1. The summed E-state index contributed by atoms with van der Waals surface area (Å²) in [4.78, 5) is 27.0. The molecule has 0 fully saturated rings. The second-order valence-electron chi connectivity index (χ2n) is 10.5. The van der Waals surface area contributed by atoms with Crippen molar-refractivity contribution in [2.75, 3.05) is 0 Å². The van der Waals surface area contributed by atoms with E-state index in [2.05, 4.69) is 20.9 Å². The lowest BCUT2D eigenvalue weighted by Gasteiger charge is -2.19. The first kappa shape index (κ1) is 32.7. The van der Waals surface area contributed by atoms with Crippen molar-refractivity contribution in [3.05, 3.63) is 70.8 Å². The van der Waals surface area contributed by atoms with Crippen LogP contribution in [0.1, 0.15) is 63.8 Å². The van der Waals surface area contributed by atoms with Crippen LogP contribution in [0.5, 0.6) is 0 Å². The van der Waals surface area contributed by atoms with Gasteiger partial charge in [-0.15, -0.1) is 0 Å². The molecule has 2 rings (SSSR count). The number of hydrogen-bond donors (Lipinski definition) is 5. The molecule has 0 aromatic heterocycles. The highest BCUT2D eigenvalue weighted by Crippen LogP contribution is 2.10. The van der Waals surface area contributed by atoms with Gasteiger partial charge in [0.25, 0.3) is 0 Å². The lowest BCUT2D eigenvalue weighted by Crippen LogP contribution is -2.32. The second-order valence-corrected chi connectivity index (χ2v) is 10.5. The van der Waals surface area contributed by atoms with Crippen LogP contribution in [0.25, 0.3) is 0 Å². The smallest absolute Gasteiger partial charge is 0.407 e. The average molecular weight is 540 g/mol. The van der Waals surface area contributed by atoms with E-state index < -0.39 is 23.4 Å². The molecule has 0 radical (unpaired) electrons. The maximum absolute atomic E-state index is 11.6. The molecule has 212 valence electrons. The fourth-order valence-electron chi connectivity index (χ4n) is 2.95. The predicted octanol–water partition coefficient (Wildman–Crippen LogP) is 3.77. The number of nitrogens with one attached hydrogen (secondary N) is 3. The van der Waals surface area contributed by atoms with Crippen molar-refractivity contribution in [3.8, 4) is 6.19 Å². The molecule has 11 nitrogen and oxygen atoms in total. The van der Waals surface area contributed by atoms with E-state index in [9.17, 15) is 9.59 Å². The van der Waals surface area contributed by atoms with E-state index in [1.165, 1.54) is 0 Å². The largest absolute Gasteiger partial charge is 0.444 e. The van der Waals surface area contributed by atoms with Gasteiger partial charge in [-0.3, -0.25) is 5.32 Å². The molecule has 0 saturated carbocycles. The summed E-state index contributed by atoms with van der Waals surface area (Å²) >= 11 is 0. The summed E-state index contributed by atoms with van der Waals surface area (Å²) in [5.41, 5.74) is 13.9. The summed E-state index contributed by atoms with van der Waals surface area (Å²) in [6.45, 7) is 12.6. The van der Waals surface area contributed by atoms with Crippen LogP contribution >= 0.6 is 0 Å². The number of hydrogen-bond acceptors (Lipinski definition) is 7. The van der Waals surface area contributed by atoms with Crippen molar-refractivity contribution in [1.29, 1.82) is 5.26 Å². The lowest BCUT2D eigenvalue weighted by atomic mass is 10.1. The Morgan fingerprint density at radius 1 is 0.846 bits per heavy atom. The van der Waals surface area contributed by atoms with Gasteiger partial charge in [-0.2, -0.15) is 5.26 Å². The summed E-state index contributed by atoms with van der Waals surface area (Å²) in [6, 6.07) is 15.3. The number of amides is 2. The number of carbonyl (C=O) groups is 2. The van der Waals surface area contributed by atoms with Crippen LogP contribution in [0.4, 0.5) is 9.59 Å². The van der Waals surface area contributed by atoms with Gasteiger partial charge in [0, 0.05) is 19.6 Å². The molecule has 39 heavy (non-hydrogen) atoms. The first-order valence-electron chi connectivity index (χ1n) is 12.4. The van der Waals surface area contributed by atoms with E-state index >= 15 is 0 Å². The highest BCUT2D eigenvalue weighted by atomic mass is 16.6. The minimum Gasteiger partial charge on any atom is -0.444 e. The van der Waals surface area contributed by atoms with E-state index in [1.807, 2.05) is 90.1 Å². The molecular weight excluding hydrogens is 498 g/mol. The number of benzene rings is 2. The molecule has 2 aromatic carbocycles. The molecule has 7 N–H and O–H groups in total. The Hall–Kier alpha value is -4.30. The van der Waals surface area contributed by atoms with Crippen molar-refractivity contribution < 1.29 is 19.1 Å². The second kappa shape index (κ2) is 15.8. The van der Waals surface area contributed by atoms with Crippen LogP contribution in [0, 0.1) is 11.5 Å². The molecule has 2 aromatic rings. The minimum atomic E-state index is -0.522. The zero-order valence-corrected chi connectivity index (χ0v) is 23.6. The molecule has 0 bridgehead atoms. The maximum atomic E-state index is 11.6. The van der Waals surface area contributed by atoms with Crippen molar-refractivity contribution in [2.24, 2.45) is 16.5 Å². The standard InChI is InChI=1S/C15H21N5O2.C13H20N2O2/c1-15(2,3)22-14(21)19-9-12-6-4-5-11(7-12)8-18-13(17)20-10-16;1-13(2,3)17-12(16)15-9-11-6-4-5-10(7-11)8-14/h4-7H,8-9H2,1-3H3,(H,19,21)(H3,17,18,20);4-7H,8-9,14H2,1-3H3,(H,15,16). The van der Waals surface area contributed by atoms with Crippen molar-refractivity contribution in [2.45, 2.75) is 78.9 Å². The first-order chi connectivity index (χ1) is 18.2. The number of guanidine groups is 1. The third-order valence-electron chi connectivity index (χ3n) is 4.51. The Morgan fingerprint density at radius 3 is 1.72 bits per heavy atom. The van der Waals surface area contributed by atoms with E-state index in [4.69, 9.17) is 26.2 Å². The van der Waals surface area contributed by atoms with Crippen molar-refractivity contribution in [3.63, 3.8) is 0 Å². The average Bonchev–Trinajstić information content (AvgIpc) is 2.84. The quantitative estimate of drug-likeness (QED) is 0.153. The van der Waals surface area contributed by atoms with Crippen LogP contribution < -0.4 is 27.4 Å². The number of rotatable bonds is 7. The zero-order valence-electron chi connectivity index (χ0n) is 23.6. The molecular formula is C28H41N7O4. The number of carbonyl (C=O) groups excluding carboxylic acids is 2. The van der Waals surface area contributed by atoms with Crippen LogP contribution in [0.2, 0.25) is 0 Å². The fraction of sp³-hybridized carbons (Fsp3) is 0.429. The Balaban J connectivity index is 0.000000403. The molecule has 0 saturated heterocycles. The van der Waals surface area contributed by atoms with Crippen LogP contribution in [-0.2, 0) is 35.7 Å².